The third-order valence-corrected chi connectivity index (χ3v) is 3.18. The fourth-order valence-corrected chi connectivity index (χ4v) is 1.62. The molecule has 0 aliphatic heterocycles. The Morgan fingerprint density at radius 2 is 1.41 bits per heavy atom. The summed E-state index contributed by atoms with van der Waals surface area (Å²) in [4.78, 5) is 4.14. The van der Waals surface area contributed by atoms with E-state index in [1.54, 1.807) is 0 Å². The first-order chi connectivity index (χ1) is 8.13. The lowest BCUT2D eigenvalue weighted by molar-refractivity contribution is 0.624. The minimum atomic E-state index is 1.13. The minimum Gasteiger partial charge on any atom is -0.261 e. The minimum absolute atomic E-state index is 1.13. The Morgan fingerprint density at radius 3 is 1.76 bits per heavy atom. The van der Waals surface area contributed by atoms with Gasteiger partial charge < -0.3 is 0 Å². The number of hydrogen-bond acceptors (Lipinski definition) is 1. The summed E-state index contributed by atoms with van der Waals surface area (Å²) in [5.41, 5.74) is 3.76. The maximum Gasteiger partial charge on any atom is 0.0404 e. The van der Waals surface area contributed by atoms with Crippen molar-refractivity contribution in [3.05, 3.63) is 29.1 Å². The van der Waals surface area contributed by atoms with E-state index in [1.165, 1.54) is 49.7 Å². The zero-order valence-electron chi connectivity index (χ0n) is 12.3. The van der Waals surface area contributed by atoms with Crippen LogP contribution in [0.4, 0.5) is 0 Å². The van der Waals surface area contributed by atoms with Crippen LogP contribution in [0, 0.1) is 20.8 Å². The average molecular weight is 235 g/mol. The first-order valence-corrected chi connectivity index (χ1v) is 7.02. The molecule has 0 aliphatic rings. The van der Waals surface area contributed by atoms with E-state index in [9.17, 15) is 0 Å². The molecule has 0 atom stereocenters. The van der Waals surface area contributed by atoms with Gasteiger partial charge in [-0.3, -0.25) is 4.98 Å². The molecule has 1 rings (SSSR count). The van der Waals surface area contributed by atoms with Crippen molar-refractivity contribution >= 4 is 0 Å². The average Bonchev–Trinajstić information content (AvgIpc) is 2.33. The molecule has 0 unspecified atom stereocenters. The largest absolute Gasteiger partial charge is 0.261 e. The molecule has 1 aromatic heterocycles. The number of hydrogen-bond donors (Lipinski definition) is 0. The van der Waals surface area contributed by atoms with Gasteiger partial charge in [-0.15, -0.1) is 0 Å². The molecule has 0 bridgehead atoms. The van der Waals surface area contributed by atoms with E-state index in [-0.39, 0.29) is 0 Å². The van der Waals surface area contributed by atoms with Crippen molar-refractivity contribution in [1.82, 2.24) is 4.98 Å². The smallest absolute Gasteiger partial charge is 0.0404 e. The van der Waals surface area contributed by atoms with Gasteiger partial charge in [0.15, 0.2) is 0 Å². The van der Waals surface area contributed by atoms with Crippen molar-refractivity contribution in [3.8, 4) is 0 Å². The predicted molar refractivity (Wildman–Crippen MR) is 77.5 cm³/mol. The highest BCUT2D eigenvalue weighted by atomic mass is 14.7. The van der Waals surface area contributed by atoms with Crippen LogP contribution >= 0.6 is 0 Å². The number of nitrogens with zero attached hydrogens (tertiary/aromatic N) is 1. The SMILES string of the molecule is CCCCCCCC.Cc1ccnc(C)c1C. The van der Waals surface area contributed by atoms with Gasteiger partial charge in [0, 0.05) is 11.9 Å². The normalized spacial score (nSPS) is 9.71. The van der Waals surface area contributed by atoms with Crippen LogP contribution in [0.3, 0.4) is 0 Å². The summed E-state index contributed by atoms with van der Waals surface area (Å²) in [7, 11) is 0. The summed E-state index contributed by atoms with van der Waals surface area (Å²) in [6.45, 7) is 10.7. The van der Waals surface area contributed by atoms with Crippen molar-refractivity contribution in [1.29, 1.82) is 0 Å². The number of pyridine rings is 1. The number of unbranched alkanes of at least 4 members (excludes halogenated alkanes) is 5. The molecule has 0 amide bonds. The van der Waals surface area contributed by atoms with Crippen LogP contribution in [-0.4, -0.2) is 4.98 Å². The van der Waals surface area contributed by atoms with E-state index in [2.05, 4.69) is 32.7 Å². The molecule has 0 fully saturated rings. The highest BCUT2D eigenvalue weighted by Crippen LogP contribution is 2.06. The van der Waals surface area contributed by atoms with E-state index in [0.717, 1.165) is 5.69 Å². The fraction of sp³-hybridized carbons (Fsp3) is 0.688. The summed E-state index contributed by atoms with van der Waals surface area (Å²) >= 11 is 0. The number of aromatic nitrogens is 1. The van der Waals surface area contributed by atoms with E-state index in [0.29, 0.717) is 0 Å². The van der Waals surface area contributed by atoms with Gasteiger partial charge >= 0.3 is 0 Å². The Hall–Kier alpha value is -0.850. The van der Waals surface area contributed by atoms with Gasteiger partial charge in [0.25, 0.3) is 0 Å². The molecule has 17 heavy (non-hydrogen) atoms. The lowest BCUT2D eigenvalue weighted by Gasteiger charge is -1.99. The van der Waals surface area contributed by atoms with E-state index in [4.69, 9.17) is 0 Å². The lowest BCUT2D eigenvalue weighted by Crippen LogP contribution is -1.87. The molecule has 1 aromatic rings. The molecule has 0 spiro atoms. The molecular formula is C16H29N. The van der Waals surface area contributed by atoms with Gasteiger partial charge in [0.1, 0.15) is 0 Å². The lowest BCUT2D eigenvalue weighted by atomic mass is 10.1. The predicted octanol–water partition coefficient (Wildman–Crippen LogP) is 5.37. The van der Waals surface area contributed by atoms with Gasteiger partial charge in [0.05, 0.1) is 0 Å². The summed E-state index contributed by atoms with van der Waals surface area (Å²) in [6, 6.07) is 2.03. The molecule has 0 aromatic carbocycles. The van der Waals surface area contributed by atoms with Gasteiger partial charge in [-0.1, -0.05) is 52.4 Å². The van der Waals surface area contributed by atoms with Crippen LogP contribution in [0.25, 0.3) is 0 Å². The zero-order valence-corrected chi connectivity index (χ0v) is 12.3. The Kier molecular flexibility index (Phi) is 9.80. The van der Waals surface area contributed by atoms with Crippen LogP contribution in [0.15, 0.2) is 12.3 Å². The van der Waals surface area contributed by atoms with Crippen molar-refractivity contribution < 1.29 is 0 Å². The molecule has 0 aliphatic carbocycles. The highest BCUT2D eigenvalue weighted by molar-refractivity contribution is 5.25. The second kappa shape index (κ2) is 10.3. The fourth-order valence-electron chi connectivity index (χ4n) is 1.62. The van der Waals surface area contributed by atoms with Gasteiger partial charge in [-0.25, -0.2) is 0 Å². The number of aryl methyl sites for hydroxylation is 2. The van der Waals surface area contributed by atoms with E-state index in [1.807, 2.05) is 19.2 Å². The van der Waals surface area contributed by atoms with Gasteiger partial charge in [-0.05, 0) is 38.0 Å². The van der Waals surface area contributed by atoms with E-state index < -0.39 is 0 Å². The summed E-state index contributed by atoms with van der Waals surface area (Å²) in [5.74, 6) is 0. The number of rotatable bonds is 5. The molecule has 1 heteroatoms. The molecule has 0 saturated heterocycles. The topological polar surface area (TPSA) is 12.9 Å². The van der Waals surface area contributed by atoms with Crippen LogP contribution in [0.5, 0.6) is 0 Å². The zero-order chi connectivity index (χ0) is 13.1. The molecule has 0 saturated carbocycles. The van der Waals surface area contributed by atoms with Crippen molar-refractivity contribution in [2.75, 3.05) is 0 Å². The first-order valence-electron chi connectivity index (χ1n) is 7.02. The highest BCUT2D eigenvalue weighted by Gasteiger charge is 1.93. The molecule has 1 nitrogen and oxygen atoms in total. The summed E-state index contributed by atoms with van der Waals surface area (Å²) < 4.78 is 0. The maximum absolute atomic E-state index is 4.14. The Labute approximate surface area is 108 Å². The van der Waals surface area contributed by atoms with Crippen LogP contribution in [0.1, 0.15) is 69.2 Å². The monoisotopic (exact) mass is 235 g/mol. The molecule has 98 valence electrons. The molecule has 1 heterocycles. The van der Waals surface area contributed by atoms with Crippen molar-refractivity contribution in [2.24, 2.45) is 0 Å². The molecule has 0 radical (unpaired) electrons. The standard InChI is InChI=1S/C8H11N.C8H18/c1-6-4-5-9-8(3)7(6)2;1-3-5-7-8-6-4-2/h4-5H,1-3H3;3-8H2,1-2H3. The third kappa shape index (κ3) is 7.95. The first kappa shape index (κ1) is 16.1. The second-order valence-corrected chi connectivity index (χ2v) is 4.75. The summed E-state index contributed by atoms with van der Waals surface area (Å²) in [6.07, 6.45) is 10.3. The molecule has 0 N–H and O–H groups in total. The van der Waals surface area contributed by atoms with Crippen LogP contribution in [0.2, 0.25) is 0 Å². The third-order valence-electron chi connectivity index (χ3n) is 3.18. The maximum atomic E-state index is 4.14. The quantitative estimate of drug-likeness (QED) is 0.625. The Morgan fingerprint density at radius 1 is 0.882 bits per heavy atom. The van der Waals surface area contributed by atoms with Crippen LogP contribution < -0.4 is 0 Å². The second-order valence-electron chi connectivity index (χ2n) is 4.75. The Balaban J connectivity index is 0.000000304. The molecular weight excluding hydrogens is 206 g/mol. The van der Waals surface area contributed by atoms with E-state index >= 15 is 0 Å². The van der Waals surface area contributed by atoms with Gasteiger partial charge in [0.2, 0.25) is 0 Å². The van der Waals surface area contributed by atoms with Crippen molar-refractivity contribution in [2.45, 2.75) is 73.1 Å². The van der Waals surface area contributed by atoms with Gasteiger partial charge in [-0.2, -0.15) is 0 Å². The summed E-state index contributed by atoms with van der Waals surface area (Å²) in [5, 5.41) is 0. The van der Waals surface area contributed by atoms with Crippen molar-refractivity contribution in [3.63, 3.8) is 0 Å². The Bertz CT molecular complexity index is 265. The van der Waals surface area contributed by atoms with Crippen LogP contribution in [-0.2, 0) is 0 Å².